The van der Waals surface area contributed by atoms with Crippen LogP contribution in [0.15, 0.2) is 47.3 Å². The molecule has 1 aromatic heterocycles. The quantitative estimate of drug-likeness (QED) is 0.521. The van der Waals surface area contributed by atoms with Gasteiger partial charge in [-0.05, 0) is 42.3 Å². The van der Waals surface area contributed by atoms with E-state index in [1.54, 1.807) is 44.5 Å². The Kier molecular flexibility index (Phi) is 7.28. The molecule has 0 aliphatic heterocycles. The number of aromatic nitrogens is 1. The highest BCUT2D eigenvalue weighted by Crippen LogP contribution is 2.35. The topological polar surface area (TPSA) is 69.6 Å². The summed E-state index contributed by atoms with van der Waals surface area (Å²) in [5.41, 5.74) is 0.908. The van der Waals surface area contributed by atoms with E-state index in [1.165, 1.54) is 16.7 Å². The molecule has 0 fully saturated rings. The lowest BCUT2D eigenvalue weighted by Gasteiger charge is -2.16. The summed E-state index contributed by atoms with van der Waals surface area (Å²) >= 11 is 0. The van der Waals surface area contributed by atoms with Crippen LogP contribution < -0.4 is 20.3 Å². The van der Waals surface area contributed by atoms with E-state index in [-0.39, 0.29) is 17.9 Å². The molecule has 0 aliphatic carbocycles. The lowest BCUT2D eigenvalue weighted by Crippen LogP contribution is -2.32. The SMILES string of the molecule is CCCCCOc1c(OC)ccc2cc(C(=O)NCc3ccc(F)cc3)c(=O)n(C)c12. The summed E-state index contributed by atoms with van der Waals surface area (Å²) in [7, 11) is 3.16. The van der Waals surface area contributed by atoms with E-state index in [0.29, 0.717) is 29.0 Å². The maximum absolute atomic E-state index is 13.0. The maximum Gasteiger partial charge on any atom is 0.263 e. The van der Waals surface area contributed by atoms with Crippen LogP contribution in [0.2, 0.25) is 0 Å². The van der Waals surface area contributed by atoms with Gasteiger partial charge in [0.05, 0.1) is 19.2 Å². The van der Waals surface area contributed by atoms with Gasteiger partial charge in [-0.3, -0.25) is 9.59 Å². The van der Waals surface area contributed by atoms with Crippen LogP contribution in [0.1, 0.15) is 42.1 Å². The molecule has 0 bridgehead atoms. The smallest absolute Gasteiger partial charge is 0.263 e. The van der Waals surface area contributed by atoms with Crippen LogP contribution in [-0.2, 0) is 13.6 Å². The molecule has 31 heavy (non-hydrogen) atoms. The van der Waals surface area contributed by atoms with Gasteiger partial charge in [-0.15, -0.1) is 0 Å². The van der Waals surface area contributed by atoms with E-state index in [0.717, 1.165) is 24.8 Å². The molecule has 6 nitrogen and oxygen atoms in total. The first-order valence-electron chi connectivity index (χ1n) is 10.3. The first-order chi connectivity index (χ1) is 15.0. The zero-order valence-corrected chi connectivity index (χ0v) is 18.0. The molecule has 1 heterocycles. The molecule has 1 N–H and O–H groups in total. The number of unbranched alkanes of at least 4 members (excludes halogenated alkanes) is 2. The van der Waals surface area contributed by atoms with E-state index in [9.17, 15) is 14.0 Å². The first-order valence-corrected chi connectivity index (χ1v) is 10.3. The highest BCUT2D eigenvalue weighted by atomic mass is 19.1. The molecule has 0 atom stereocenters. The van der Waals surface area contributed by atoms with Gasteiger partial charge >= 0.3 is 0 Å². The highest BCUT2D eigenvalue weighted by Gasteiger charge is 2.19. The molecule has 0 radical (unpaired) electrons. The number of aryl methyl sites for hydroxylation is 1. The minimum Gasteiger partial charge on any atom is -0.493 e. The number of hydrogen-bond donors (Lipinski definition) is 1. The lowest BCUT2D eigenvalue weighted by atomic mass is 10.1. The molecule has 2 aromatic carbocycles. The van der Waals surface area contributed by atoms with Crippen molar-refractivity contribution in [1.29, 1.82) is 0 Å². The number of hydrogen-bond acceptors (Lipinski definition) is 4. The van der Waals surface area contributed by atoms with Crippen molar-refractivity contribution in [1.82, 2.24) is 9.88 Å². The number of carbonyl (C=O) groups is 1. The Balaban J connectivity index is 1.91. The number of pyridine rings is 1. The van der Waals surface area contributed by atoms with Crippen molar-refractivity contribution >= 4 is 16.8 Å². The van der Waals surface area contributed by atoms with Crippen LogP contribution in [0, 0.1) is 5.82 Å². The summed E-state index contributed by atoms with van der Waals surface area (Å²) in [5, 5.41) is 3.42. The van der Waals surface area contributed by atoms with Crippen LogP contribution in [0.3, 0.4) is 0 Å². The predicted octanol–water partition coefficient (Wildman–Crippen LogP) is 4.19. The standard InChI is InChI=1S/C24H27FN2O4/c1-4-5-6-13-31-22-20(30-3)12-9-17-14-19(24(29)27(2)21(17)22)23(28)26-15-16-7-10-18(25)11-8-16/h7-12,14H,4-6,13,15H2,1-3H3,(H,26,28). The maximum atomic E-state index is 13.0. The molecular weight excluding hydrogens is 399 g/mol. The molecule has 0 unspecified atom stereocenters. The zero-order valence-electron chi connectivity index (χ0n) is 18.0. The average Bonchev–Trinajstić information content (AvgIpc) is 2.78. The fourth-order valence-corrected chi connectivity index (χ4v) is 3.40. The third-order valence-electron chi connectivity index (χ3n) is 5.12. The Morgan fingerprint density at radius 3 is 2.55 bits per heavy atom. The number of halogens is 1. The van der Waals surface area contributed by atoms with Gasteiger partial charge in [-0.1, -0.05) is 31.9 Å². The van der Waals surface area contributed by atoms with E-state index in [2.05, 4.69) is 12.2 Å². The number of carbonyl (C=O) groups excluding carboxylic acids is 1. The van der Waals surface area contributed by atoms with Gasteiger partial charge in [0.15, 0.2) is 11.5 Å². The fraction of sp³-hybridized carbons (Fsp3) is 0.333. The summed E-state index contributed by atoms with van der Waals surface area (Å²) in [6.45, 7) is 2.82. The number of rotatable bonds is 9. The zero-order chi connectivity index (χ0) is 22.4. The van der Waals surface area contributed by atoms with Crippen LogP contribution in [-0.4, -0.2) is 24.2 Å². The normalized spacial score (nSPS) is 10.8. The van der Waals surface area contributed by atoms with E-state index >= 15 is 0 Å². The number of amides is 1. The summed E-state index contributed by atoms with van der Waals surface area (Å²) in [4.78, 5) is 25.7. The van der Waals surface area contributed by atoms with Gasteiger partial charge in [0, 0.05) is 19.0 Å². The molecule has 164 valence electrons. The number of benzene rings is 2. The van der Waals surface area contributed by atoms with Gasteiger partial charge < -0.3 is 19.4 Å². The summed E-state index contributed by atoms with van der Waals surface area (Å²) in [6.07, 6.45) is 3.02. The second kappa shape index (κ2) is 10.1. The van der Waals surface area contributed by atoms with Crippen molar-refractivity contribution in [3.05, 3.63) is 69.8 Å². The van der Waals surface area contributed by atoms with Crippen molar-refractivity contribution in [3.63, 3.8) is 0 Å². The van der Waals surface area contributed by atoms with Crippen molar-refractivity contribution in [2.24, 2.45) is 7.05 Å². The van der Waals surface area contributed by atoms with Crippen LogP contribution >= 0.6 is 0 Å². The third-order valence-corrected chi connectivity index (χ3v) is 5.12. The summed E-state index contributed by atoms with van der Waals surface area (Å²) < 4.78 is 25.9. The predicted molar refractivity (Wildman–Crippen MR) is 118 cm³/mol. The van der Waals surface area contributed by atoms with Crippen molar-refractivity contribution in [2.75, 3.05) is 13.7 Å². The van der Waals surface area contributed by atoms with Crippen molar-refractivity contribution in [2.45, 2.75) is 32.7 Å². The Hall–Kier alpha value is -3.35. The summed E-state index contributed by atoms with van der Waals surface area (Å²) in [5.74, 6) is 0.191. The number of nitrogens with one attached hydrogen (secondary N) is 1. The molecule has 0 spiro atoms. The molecule has 3 rings (SSSR count). The Morgan fingerprint density at radius 2 is 1.87 bits per heavy atom. The molecule has 0 saturated carbocycles. The Labute approximate surface area is 180 Å². The Bertz CT molecular complexity index is 1120. The summed E-state index contributed by atoms with van der Waals surface area (Å²) in [6, 6.07) is 10.9. The first kappa shape index (κ1) is 22.3. The largest absolute Gasteiger partial charge is 0.493 e. The van der Waals surface area contributed by atoms with Gasteiger partial charge in [0.25, 0.3) is 11.5 Å². The minimum atomic E-state index is -0.493. The molecule has 0 aliphatic rings. The molecule has 0 saturated heterocycles. The van der Waals surface area contributed by atoms with Gasteiger partial charge in [0.2, 0.25) is 0 Å². The van der Waals surface area contributed by atoms with Gasteiger partial charge in [-0.25, -0.2) is 4.39 Å². The van der Waals surface area contributed by atoms with Crippen LogP contribution in [0.4, 0.5) is 4.39 Å². The number of ether oxygens (including phenoxy) is 2. The second-order valence-electron chi connectivity index (χ2n) is 7.32. The third kappa shape index (κ3) is 5.05. The van der Waals surface area contributed by atoms with E-state index < -0.39 is 11.5 Å². The number of nitrogens with zero attached hydrogens (tertiary/aromatic N) is 1. The average molecular weight is 426 g/mol. The minimum absolute atomic E-state index is 0.0270. The van der Waals surface area contributed by atoms with Crippen LogP contribution in [0.25, 0.3) is 10.9 Å². The van der Waals surface area contributed by atoms with Crippen molar-refractivity contribution in [3.8, 4) is 11.5 Å². The molecule has 1 amide bonds. The lowest BCUT2D eigenvalue weighted by molar-refractivity contribution is 0.0949. The van der Waals surface area contributed by atoms with Gasteiger partial charge in [0.1, 0.15) is 11.4 Å². The second-order valence-corrected chi connectivity index (χ2v) is 7.32. The number of methoxy groups -OCH3 is 1. The van der Waals surface area contributed by atoms with Crippen LogP contribution in [0.5, 0.6) is 11.5 Å². The number of fused-ring (bicyclic) bond motifs is 1. The Morgan fingerprint density at radius 1 is 1.13 bits per heavy atom. The molecular formula is C24H27FN2O4. The van der Waals surface area contributed by atoms with Gasteiger partial charge in [-0.2, -0.15) is 0 Å². The van der Waals surface area contributed by atoms with Crippen molar-refractivity contribution < 1.29 is 18.7 Å². The fourth-order valence-electron chi connectivity index (χ4n) is 3.40. The molecule has 7 heteroatoms. The van der Waals surface area contributed by atoms with E-state index in [1.807, 2.05) is 0 Å². The monoisotopic (exact) mass is 426 g/mol. The highest BCUT2D eigenvalue weighted by molar-refractivity contribution is 5.98. The van der Waals surface area contributed by atoms with E-state index in [4.69, 9.17) is 9.47 Å². The molecule has 3 aromatic rings.